The number of rotatable bonds is 2. The fourth-order valence-corrected chi connectivity index (χ4v) is 3.05. The molecule has 1 aliphatic rings. The van der Waals surface area contributed by atoms with Gasteiger partial charge in [-0.2, -0.15) is 0 Å². The normalized spacial score (nSPS) is 26.3. The Bertz CT molecular complexity index is 438. The zero-order valence-electron chi connectivity index (χ0n) is 11.5. The van der Waals surface area contributed by atoms with Gasteiger partial charge in [-0.25, -0.2) is 0 Å². The van der Waals surface area contributed by atoms with Gasteiger partial charge in [0.1, 0.15) is 5.75 Å². The monoisotopic (exact) mass is 312 g/mol. The minimum absolute atomic E-state index is 0.0118. The van der Waals surface area contributed by atoms with Crippen LogP contribution in [0.4, 0.5) is 0 Å². The molecule has 1 aromatic carbocycles. The first-order valence-electron chi connectivity index (χ1n) is 6.21. The number of benzene rings is 1. The molecule has 3 nitrogen and oxygen atoms in total. The van der Waals surface area contributed by atoms with Crippen molar-refractivity contribution in [3.63, 3.8) is 0 Å². The van der Waals surface area contributed by atoms with Crippen LogP contribution in [-0.2, 0) is 5.54 Å². The molecule has 1 heterocycles. The molecule has 1 saturated heterocycles. The SMILES string of the molecule is COc1ccc(Br)cc1C1(C)CN(C)CCN1C. The van der Waals surface area contributed by atoms with Crippen LogP contribution < -0.4 is 4.74 Å². The van der Waals surface area contributed by atoms with Crippen molar-refractivity contribution in [2.24, 2.45) is 0 Å². The van der Waals surface area contributed by atoms with E-state index in [-0.39, 0.29) is 5.54 Å². The summed E-state index contributed by atoms with van der Waals surface area (Å²) in [6, 6.07) is 6.24. The molecule has 0 bridgehead atoms. The second kappa shape index (κ2) is 5.19. The lowest BCUT2D eigenvalue weighted by Crippen LogP contribution is -2.56. The number of ether oxygens (including phenoxy) is 1. The average molecular weight is 313 g/mol. The molecule has 0 spiro atoms. The number of likely N-dealkylation sites (N-methyl/N-ethyl adjacent to an activating group) is 2. The Morgan fingerprint density at radius 1 is 1.28 bits per heavy atom. The molecule has 4 heteroatoms. The molecule has 0 aliphatic carbocycles. The second-order valence-corrected chi connectivity index (χ2v) is 6.19. The lowest BCUT2D eigenvalue weighted by atomic mass is 9.87. The number of hydrogen-bond acceptors (Lipinski definition) is 3. The summed E-state index contributed by atoms with van der Waals surface area (Å²) in [5.74, 6) is 0.961. The fourth-order valence-electron chi connectivity index (χ4n) is 2.68. The van der Waals surface area contributed by atoms with E-state index in [1.54, 1.807) is 7.11 Å². The van der Waals surface area contributed by atoms with E-state index in [0.717, 1.165) is 29.9 Å². The average Bonchev–Trinajstić information content (AvgIpc) is 2.34. The number of halogens is 1. The molecule has 100 valence electrons. The zero-order chi connectivity index (χ0) is 13.3. The van der Waals surface area contributed by atoms with Crippen molar-refractivity contribution in [1.29, 1.82) is 0 Å². The Balaban J connectivity index is 2.47. The molecule has 1 atom stereocenters. The maximum absolute atomic E-state index is 5.54. The first kappa shape index (κ1) is 13.8. The lowest BCUT2D eigenvalue weighted by molar-refractivity contribution is 0.0362. The molecule has 0 aromatic heterocycles. The first-order chi connectivity index (χ1) is 8.47. The molecule has 0 amide bonds. The molecule has 1 fully saturated rings. The molecule has 1 aliphatic heterocycles. The summed E-state index contributed by atoms with van der Waals surface area (Å²) in [6.07, 6.45) is 0. The van der Waals surface area contributed by atoms with Crippen molar-refractivity contribution >= 4 is 15.9 Å². The highest BCUT2D eigenvalue weighted by Gasteiger charge is 2.38. The maximum Gasteiger partial charge on any atom is 0.124 e. The van der Waals surface area contributed by atoms with Gasteiger partial charge < -0.3 is 9.64 Å². The van der Waals surface area contributed by atoms with E-state index in [1.807, 2.05) is 12.1 Å². The molecule has 1 unspecified atom stereocenters. The van der Waals surface area contributed by atoms with Crippen LogP contribution in [-0.4, -0.2) is 50.6 Å². The molecule has 18 heavy (non-hydrogen) atoms. The van der Waals surface area contributed by atoms with E-state index in [4.69, 9.17) is 4.74 Å². The predicted molar refractivity (Wildman–Crippen MR) is 78.2 cm³/mol. The van der Waals surface area contributed by atoms with E-state index in [1.165, 1.54) is 5.56 Å². The van der Waals surface area contributed by atoms with Gasteiger partial charge in [0.05, 0.1) is 12.6 Å². The molecule has 2 rings (SSSR count). The Morgan fingerprint density at radius 3 is 2.67 bits per heavy atom. The Labute approximate surface area is 118 Å². The van der Waals surface area contributed by atoms with Crippen LogP contribution in [0.5, 0.6) is 5.75 Å². The van der Waals surface area contributed by atoms with E-state index in [2.05, 4.69) is 52.8 Å². The summed E-state index contributed by atoms with van der Waals surface area (Å²) in [7, 11) is 6.10. The van der Waals surface area contributed by atoms with Crippen LogP contribution >= 0.6 is 15.9 Å². The van der Waals surface area contributed by atoms with E-state index < -0.39 is 0 Å². The third-order valence-electron chi connectivity index (χ3n) is 3.98. The highest BCUT2D eigenvalue weighted by molar-refractivity contribution is 9.10. The summed E-state index contributed by atoms with van der Waals surface area (Å²) in [6.45, 7) is 5.48. The van der Waals surface area contributed by atoms with Crippen molar-refractivity contribution in [3.05, 3.63) is 28.2 Å². The van der Waals surface area contributed by atoms with Crippen LogP contribution in [0, 0.1) is 0 Å². The van der Waals surface area contributed by atoms with Gasteiger partial charge in [-0.15, -0.1) is 0 Å². The summed E-state index contributed by atoms with van der Waals surface area (Å²) in [5.41, 5.74) is 1.23. The smallest absolute Gasteiger partial charge is 0.124 e. The minimum atomic E-state index is -0.0118. The largest absolute Gasteiger partial charge is 0.496 e. The standard InChI is InChI=1S/C14H21BrN2O/c1-14(10-16(2)7-8-17(14)3)12-9-11(15)5-6-13(12)18-4/h5-6,9H,7-8,10H2,1-4H3. The van der Waals surface area contributed by atoms with E-state index in [9.17, 15) is 0 Å². The van der Waals surface area contributed by atoms with Crippen LogP contribution in [0.1, 0.15) is 12.5 Å². The van der Waals surface area contributed by atoms with Gasteiger partial charge in [0.2, 0.25) is 0 Å². The summed E-state index contributed by atoms with van der Waals surface area (Å²) in [5, 5.41) is 0. The second-order valence-electron chi connectivity index (χ2n) is 5.28. The van der Waals surface area contributed by atoms with Crippen LogP contribution in [0.3, 0.4) is 0 Å². The van der Waals surface area contributed by atoms with Gasteiger partial charge >= 0.3 is 0 Å². The van der Waals surface area contributed by atoms with Gasteiger partial charge in [0.25, 0.3) is 0 Å². The summed E-state index contributed by atoms with van der Waals surface area (Å²) in [4.78, 5) is 4.79. The predicted octanol–water partition coefficient (Wildman–Crippen LogP) is 2.55. The van der Waals surface area contributed by atoms with Gasteiger partial charge in [-0.3, -0.25) is 4.90 Å². The van der Waals surface area contributed by atoms with Gasteiger partial charge in [0, 0.05) is 29.7 Å². The quantitative estimate of drug-likeness (QED) is 0.834. The molecule has 0 N–H and O–H groups in total. The minimum Gasteiger partial charge on any atom is -0.496 e. The number of nitrogens with zero attached hydrogens (tertiary/aromatic N) is 2. The Hall–Kier alpha value is -0.580. The third kappa shape index (κ3) is 2.42. The van der Waals surface area contributed by atoms with Gasteiger partial charge in [0.15, 0.2) is 0 Å². The maximum atomic E-state index is 5.54. The van der Waals surface area contributed by atoms with E-state index >= 15 is 0 Å². The zero-order valence-corrected chi connectivity index (χ0v) is 13.1. The summed E-state index contributed by atoms with van der Waals surface area (Å²) >= 11 is 3.56. The number of hydrogen-bond donors (Lipinski definition) is 0. The van der Waals surface area contributed by atoms with Crippen LogP contribution in [0.2, 0.25) is 0 Å². The summed E-state index contributed by atoms with van der Waals surface area (Å²) < 4.78 is 6.63. The number of piperazine rings is 1. The van der Waals surface area contributed by atoms with Gasteiger partial charge in [-0.1, -0.05) is 15.9 Å². The lowest BCUT2D eigenvalue weighted by Gasteiger charge is -2.47. The van der Waals surface area contributed by atoms with Crippen molar-refractivity contribution in [2.75, 3.05) is 40.8 Å². The molecular formula is C14H21BrN2O. The van der Waals surface area contributed by atoms with Crippen molar-refractivity contribution < 1.29 is 4.74 Å². The number of methoxy groups -OCH3 is 1. The Morgan fingerprint density at radius 2 is 2.00 bits per heavy atom. The van der Waals surface area contributed by atoms with Crippen LogP contribution in [0.25, 0.3) is 0 Å². The van der Waals surface area contributed by atoms with Crippen molar-refractivity contribution in [1.82, 2.24) is 9.80 Å². The van der Waals surface area contributed by atoms with Crippen molar-refractivity contribution in [3.8, 4) is 5.75 Å². The Kier molecular flexibility index (Phi) is 3.99. The molecule has 1 aromatic rings. The molecular weight excluding hydrogens is 292 g/mol. The highest BCUT2D eigenvalue weighted by atomic mass is 79.9. The third-order valence-corrected chi connectivity index (χ3v) is 4.47. The van der Waals surface area contributed by atoms with E-state index in [0.29, 0.717) is 0 Å². The molecule has 0 radical (unpaired) electrons. The van der Waals surface area contributed by atoms with Crippen molar-refractivity contribution in [2.45, 2.75) is 12.5 Å². The fraction of sp³-hybridized carbons (Fsp3) is 0.571. The van der Waals surface area contributed by atoms with Gasteiger partial charge in [-0.05, 0) is 39.2 Å². The molecule has 0 saturated carbocycles. The highest BCUT2D eigenvalue weighted by Crippen LogP contribution is 2.37. The topological polar surface area (TPSA) is 15.7 Å². The first-order valence-corrected chi connectivity index (χ1v) is 7.00. The van der Waals surface area contributed by atoms with Crippen LogP contribution in [0.15, 0.2) is 22.7 Å².